The van der Waals surface area contributed by atoms with Crippen LogP contribution in [-0.2, 0) is 10.2 Å². The lowest BCUT2D eigenvalue weighted by Gasteiger charge is -2.31. The van der Waals surface area contributed by atoms with Crippen LogP contribution in [0.1, 0.15) is 17.9 Å². The van der Waals surface area contributed by atoms with Crippen molar-refractivity contribution in [1.82, 2.24) is 5.32 Å². The third kappa shape index (κ3) is 3.51. The van der Waals surface area contributed by atoms with Gasteiger partial charge in [-0.1, -0.05) is 30.3 Å². The highest BCUT2D eigenvalue weighted by molar-refractivity contribution is 7.86. The van der Waals surface area contributed by atoms with Crippen molar-refractivity contribution in [2.45, 2.75) is 12.3 Å². The van der Waals surface area contributed by atoms with Crippen molar-refractivity contribution in [3.63, 3.8) is 0 Å². The lowest BCUT2D eigenvalue weighted by molar-refractivity contribution is 0.346. The largest absolute Gasteiger partial charge is 0.316 e. The van der Waals surface area contributed by atoms with Crippen molar-refractivity contribution in [3.8, 4) is 0 Å². The van der Waals surface area contributed by atoms with Crippen LogP contribution in [0, 0.1) is 5.92 Å². The molecule has 0 spiro atoms. The van der Waals surface area contributed by atoms with Crippen LogP contribution in [0.3, 0.4) is 0 Å². The summed E-state index contributed by atoms with van der Waals surface area (Å²) in [5, 5.41) is 3.23. The van der Waals surface area contributed by atoms with Crippen LogP contribution in [0.2, 0.25) is 0 Å². The van der Waals surface area contributed by atoms with E-state index >= 15 is 0 Å². The van der Waals surface area contributed by atoms with Crippen LogP contribution >= 0.6 is 0 Å². The third-order valence-electron chi connectivity index (χ3n) is 3.27. The molecule has 1 aromatic rings. The Morgan fingerprint density at radius 1 is 1.29 bits per heavy atom. The molecule has 0 radical (unpaired) electrons. The van der Waals surface area contributed by atoms with Gasteiger partial charge in [0.1, 0.15) is 0 Å². The first-order valence-corrected chi connectivity index (χ1v) is 7.29. The summed E-state index contributed by atoms with van der Waals surface area (Å²) in [4.78, 5) is 0. The summed E-state index contributed by atoms with van der Waals surface area (Å²) in [5.41, 5.74) is 1.08. The van der Waals surface area contributed by atoms with E-state index in [9.17, 15) is 12.3 Å². The van der Waals surface area contributed by atoms with E-state index in [0.29, 0.717) is 13.0 Å². The van der Waals surface area contributed by atoms with Crippen LogP contribution in [0.15, 0.2) is 30.3 Å². The highest BCUT2D eigenvalue weighted by Gasteiger charge is 2.30. The fourth-order valence-electron chi connectivity index (χ4n) is 2.46. The van der Waals surface area contributed by atoms with E-state index in [-0.39, 0.29) is 17.6 Å². The highest BCUT2D eigenvalue weighted by Crippen LogP contribution is 2.30. The molecule has 0 bridgehead atoms. The van der Waals surface area contributed by atoms with Crippen LogP contribution in [-0.4, -0.2) is 27.3 Å². The molecule has 17 heavy (non-hydrogen) atoms. The normalized spacial score (nSPS) is 25.7. The molecule has 94 valence electrons. The van der Waals surface area contributed by atoms with Crippen LogP contribution < -0.4 is 5.32 Å². The fourth-order valence-corrected chi connectivity index (χ4v) is 3.37. The smallest absolute Gasteiger partial charge is 0.302 e. The monoisotopic (exact) mass is 257 g/mol. The Kier molecular flexibility index (Phi) is 3.79. The SMILES string of the molecule is O=S(=O)(F)CC1CCNCC1c1ccccc1. The Bertz CT molecular complexity index is 461. The molecule has 1 fully saturated rings. The molecule has 1 heterocycles. The molecule has 1 aromatic carbocycles. The molecule has 1 aliphatic heterocycles. The van der Waals surface area contributed by atoms with Gasteiger partial charge in [0.15, 0.2) is 0 Å². The first-order valence-electron chi connectivity index (χ1n) is 5.74. The lowest BCUT2D eigenvalue weighted by Crippen LogP contribution is -2.37. The van der Waals surface area contributed by atoms with Crippen molar-refractivity contribution in [2.75, 3.05) is 18.8 Å². The van der Waals surface area contributed by atoms with Gasteiger partial charge in [-0.3, -0.25) is 0 Å². The molecule has 0 aliphatic carbocycles. The summed E-state index contributed by atoms with van der Waals surface area (Å²) < 4.78 is 34.4. The zero-order valence-electron chi connectivity index (χ0n) is 9.47. The van der Waals surface area contributed by atoms with Gasteiger partial charge in [0.2, 0.25) is 0 Å². The molecule has 1 aliphatic rings. The molecule has 2 atom stereocenters. The fraction of sp³-hybridized carbons (Fsp3) is 0.500. The average Bonchev–Trinajstić information content (AvgIpc) is 2.29. The number of hydrogen-bond acceptors (Lipinski definition) is 3. The minimum Gasteiger partial charge on any atom is -0.316 e. The van der Waals surface area contributed by atoms with Crippen molar-refractivity contribution in [1.29, 1.82) is 0 Å². The van der Waals surface area contributed by atoms with Crippen LogP contribution in [0.25, 0.3) is 0 Å². The van der Waals surface area contributed by atoms with E-state index in [1.807, 2.05) is 30.3 Å². The average molecular weight is 257 g/mol. The van der Waals surface area contributed by atoms with Gasteiger partial charge < -0.3 is 5.32 Å². The van der Waals surface area contributed by atoms with Crippen molar-refractivity contribution >= 4 is 10.2 Å². The van der Waals surface area contributed by atoms with Gasteiger partial charge >= 0.3 is 10.2 Å². The zero-order chi connectivity index (χ0) is 12.3. The van der Waals surface area contributed by atoms with Gasteiger partial charge in [-0.05, 0) is 24.4 Å². The molecular formula is C12H16FNO2S. The third-order valence-corrected chi connectivity index (χ3v) is 4.09. The van der Waals surface area contributed by atoms with Crippen molar-refractivity contribution in [2.24, 2.45) is 5.92 Å². The van der Waals surface area contributed by atoms with Crippen LogP contribution in [0.5, 0.6) is 0 Å². The van der Waals surface area contributed by atoms with Gasteiger partial charge in [-0.15, -0.1) is 3.89 Å². The van der Waals surface area contributed by atoms with E-state index in [1.54, 1.807) is 0 Å². The molecular weight excluding hydrogens is 241 g/mol. The second-order valence-corrected chi connectivity index (χ2v) is 5.89. The summed E-state index contributed by atoms with van der Waals surface area (Å²) in [7, 11) is -4.39. The molecule has 1 saturated heterocycles. The summed E-state index contributed by atoms with van der Waals surface area (Å²) in [6, 6.07) is 9.70. The van der Waals surface area contributed by atoms with E-state index in [2.05, 4.69) is 5.32 Å². The standard InChI is InChI=1S/C12H16FNO2S/c13-17(15,16)9-11-6-7-14-8-12(11)10-4-2-1-3-5-10/h1-5,11-12,14H,6-9H2. The molecule has 0 amide bonds. The molecule has 1 N–H and O–H groups in total. The Morgan fingerprint density at radius 2 is 2.00 bits per heavy atom. The summed E-state index contributed by atoms with van der Waals surface area (Å²) in [6.07, 6.45) is 0.697. The Labute approximate surface area is 101 Å². The van der Waals surface area contributed by atoms with E-state index in [1.165, 1.54) is 0 Å². The first kappa shape index (κ1) is 12.5. The van der Waals surface area contributed by atoms with Crippen molar-refractivity contribution < 1.29 is 12.3 Å². The molecule has 0 aromatic heterocycles. The predicted octanol–water partition coefficient (Wildman–Crippen LogP) is 1.68. The number of piperidine rings is 1. The zero-order valence-corrected chi connectivity index (χ0v) is 10.3. The maximum absolute atomic E-state index is 12.8. The Hall–Kier alpha value is -0.940. The number of nitrogens with one attached hydrogen (secondary N) is 1. The maximum Gasteiger partial charge on any atom is 0.302 e. The maximum atomic E-state index is 12.8. The van der Waals surface area contributed by atoms with Crippen molar-refractivity contribution in [3.05, 3.63) is 35.9 Å². The minimum atomic E-state index is -4.39. The number of rotatable bonds is 3. The number of benzene rings is 1. The Morgan fingerprint density at radius 3 is 2.65 bits per heavy atom. The molecule has 2 unspecified atom stereocenters. The molecule has 5 heteroatoms. The van der Waals surface area contributed by atoms with Crippen LogP contribution in [0.4, 0.5) is 3.89 Å². The summed E-state index contributed by atoms with van der Waals surface area (Å²) in [6.45, 7) is 1.47. The van der Waals surface area contributed by atoms with Gasteiger partial charge in [0, 0.05) is 12.5 Å². The molecule has 3 nitrogen and oxygen atoms in total. The van der Waals surface area contributed by atoms with Gasteiger partial charge in [0.05, 0.1) is 5.75 Å². The van der Waals surface area contributed by atoms with E-state index in [4.69, 9.17) is 0 Å². The van der Waals surface area contributed by atoms with E-state index in [0.717, 1.165) is 12.1 Å². The second-order valence-electron chi connectivity index (χ2n) is 4.48. The topological polar surface area (TPSA) is 46.2 Å². The molecule has 2 rings (SSSR count). The summed E-state index contributed by atoms with van der Waals surface area (Å²) >= 11 is 0. The van der Waals surface area contributed by atoms with Gasteiger partial charge in [0.25, 0.3) is 0 Å². The lowest BCUT2D eigenvalue weighted by atomic mass is 9.83. The minimum absolute atomic E-state index is 0.0791. The van der Waals surface area contributed by atoms with Gasteiger partial charge in [-0.25, -0.2) is 0 Å². The Balaban J connectivity index is 2.18. The highest BCUT2D eigenvalue weighted by atomic mass is 32.3. The van der Waals surface area contributed by atoms with E-state index < -0.39 is 10.2 Å². The number of halogens is 1. The first-order chi connectivity index (χ1) is 8.06. The predicted molar refractivity (Wildman–Crippen MR) is 65.1 cm³/mol. The molecule has 0 saturated carbocycles. The second kappa shape index (κ2) is 5.14. The summed E-state index contributed by atoms with van der Waals surface area (Å²) in [5.74, 6) is -0.419. The number of hydrogen-bond donors (Lipinski definition) is 1. The quantitative estimate of drug-likeness (QED) is 0.838. The van der Waals surface area contributed by atoms with Gasteiger partial charge in [-0.2, -0.15) is 8.42 Å².